The molecule has 2 aromatic rings. The summed E-state index contributed by atoms with van der Waals surface area (Å²) >= 11 is 9.05. The van der Waals surface area contributed by atoms with Gasteiger partial charge in [-0.05, 0) is 36.8 Å². The number of nitrogens with zero attached hydrogens (tertiary/aromatic N) is 1. The van der Waals surface area contributed by atoms with Crippen LogP contribution < -0.4 is 11.1 Å². The van der Waals surface area contributed by atoms with Crippen molar-refractivity contribution in [3.05, 3.63) is 51.1 Å². The third-order valence-electron chi connectivity index (χ3n) is 2.63. The summed E-state index contributed by atoms with van der Waals surface area (Å²) in [5.41, 5.74) is 7.62. The number of rotatable bonds is 2. The lowest BCUT2D eigenvalue weighted by Gasteiger charge is -2.10. The van der Waals surface area contributed by atoms with Gasteiger partial charge < -0.3 is 11.1 Å². The van der Waals surface area contributed by atoms with Crippen LogP contribution >= 0.6 is 27.5 Å². The van der Waals surface area contributed by atoms with Crippen LogP contribution in [-0.2, 0) is 0 Å². The van der Waals surface area contributed by atoms with Gasteiger partial charge >= 0.3 is 0 Å². The molecule has 0 aliphatic heterocycles. The van der Waals surface area contributed by atoms with Crippen LogP contribution in [0.4, 0.5) is 11.5 Å². The molecular weight excluding hydrogens is 330 g/mol. The van der Waals surface area contributed by atoms with Gasteiger partial charge in [0.2, 0.25) is 0 Å². The molecule has 0 bridgehead atoms. The molecule has 0 atom stereocenters. The number of halogens is 2. The second-order valence-corrected chi connectivity index (χ2v) is 5.34. The molecule has 19 heavy (non-hydrogen) atoms. The lowest BCUT2D eigenvalue weighted by atomic mass is 10.1. The predicted octanol–water partition coefficient (Wildman–Crippen LogP) is 3.64. The van der Waals surface area contributed by atoms with E-state index in [1.807, 2.05) is 0 Å². The van der Waals surface area contributed by atoms with Crippen molar-refractivity contribution in [2.24, 2.45) is 0 Å². The van der Waals surface area contributed by atoms with Gasteiger partial charge in [0.25, 0.3) is 5.91 Å². The maximum absolute atomic E-state index is 12.2. The lowest BCUT2D eigenvalue weighted by Crippen LogP contribution is -2.15. The zero-order valence-corrected chi connectivity index (χ0v) is 12.4. The van der Waals surface area contributed by atoms with Crippen molar-refractivity contribution < 1.29 is 4.79 Å². The van der Waals surface area contributed by atoms with Gasteiger partial charge in [-0.15, -0.1) is 0 Å². The van der Waals surface area contributed by atoms with Gasteiger partial charge in [-0.2, -0.15) is 0 Å². The molecule has 6 heteroatoms. The SMILES string of the molecule is Cc1c(N)cc(Br)cc1C(=O)Nc1ccc(Cl)cn1. The third-order valence-corrected chi connectivity index (χ3v) is 3.31. The third kappa shape index (κ3) is 3.24. The number of pyridine rings is 1. The average Bonchev–Trinajstić information content (AvgIpc) is 2.36. The molecule has 1 aromatic heterocycles. The highest BCUT2D eigenvalue weighted by Gasteiger charge is 2.12. The molecule has 1 heterocycles. The molecule has 1 amide bonds. The first kappa shape index (κ1) is 13.8. The van der Waals surface area contributed by atoms with E-state index in [4.69, 9.17) is 17.3 Å². The van der Waals surface area contributed by atoms with Crippen molar-refractivity contribution in [2.75, 3.05) is 11.1 Å². The number of anilines is 2. The summed E-state index contributed by atoms with van der Waals surface area (Å²) in [5.74, 6) is 0.174. The quantitative estimate of drug-likeness (QED) is 0.820. The molecule has 3 N–H and O–H groups in total. The Bertz CT molecular complexity index is 629. The van der Waals surface area contributed by atoms with Crippen LogP contribution in [0.2, 0.25) is 5.02 Å². The van der Waals surface area contributed by atoms with E-state index in [-0.39, 0.29) is 5.91 Å². The topological polar surface area (TPSA) is 68.0 Å². The second kappa shape index (κ2) is 5.59. The Labute approximate surface area is 124 Å². The summed E-state index contributed by atoms with van der Waals surface area (Å²) in [5, 5.41) is 3.21. The number of hydrogen-bond acceptors (Lipinski definition) is 3. The summed E-state index contributed by atoms with van der Waals surface area (Å²) < 4.78 is 0.754. The maximum Gasteiger partial charge on any atom is 0.257 e. The van der Waals surface area contributed by atoms with E-state index >= 15 is 0 Å². The van der Waals surface area contributed by atoms with Crippen molar-refractivity contribution in [3.8, 4) is 0 Å². The number of carbonyl (C=O) groups is 1. The zero-order valence-electron chi connectivity index (χ0n) is 10.1. The van der Waals surface area contributed by atoms with Gasteiger partial charge in [-0.3, -0.25) is 4.79 Å². The molecule has 0 spiro atoms. The smallest absolute Gasteiger partial charge is 0.257 e. The van der Waals surface area contributed by atoms with Gasteiger partial charge in [0.1, 0.15) is 5.82 Å². The van der Waals surface area contributed by atoms with Crippen LogP contribution in [0.1, 0.15) is 15.9 Å². The molecule has 4 nitrogen and oxygen atoms in total. The Morgan fingerprint density at radius 2 is 2.16 bits per heavy atom. The average molecular weight is 341 g/mol. The number of hydrogen-bond donors (Lipinski definition) is 2. The minimum absolute atomic E-state index is 0.264. The standard InChI is InChI=1S/C13H11BrClN3O/c1-7-10(4-8(14)5-11(7)16)13(19)18-12-3-2-9(15)6-17-12/h2-6H,16H2,1H3,(H,17,18,19). The number of nitrogens with two attached hydrogens (primary N) is 1. The van der Waals surface area contributed by atoms with Crippen LogP contribution in [-0.4, -0.2) is 10.9 Å². The number of nitrogens with one attached hydrogen (secondary N) is 1. The number of amides is 1. The van der Waals surface area contributed by atoms with Gasteiger partial charge in [0, 0.05) is 21.9 Å². The fraction of sp³-hybridized carbons (Fsp3) is 0.0769. The molecule has 0 radical (unpaired) electrons. The first-order valence-corrected chi connectivity index (χ1v) is 6.63. The van der Waals surface area contributed by atoms with Crippen molar-refractivity contribution >= 4 is 44.9 Å². The summed E-state index contributed by atoms with van der Waals surface area (Å²) in [6, 6.07) is 6.77. The molecule has 0 fully saturated rings. The van der Waals surface area contributed by atoms with Crippen molar-refractivity contribution in [1.29, 1.82) is 0 Å². The van der Waals surface area contributed by atoms with Gasteiger partial charge in [0.15, 0.2) is 0 Å². The highest BCUT2D eigenvalue weighted by atomic mass is 79.9. The molecule has 0 unspecified atom stereocenters. The Hall–Kier alpha value is -1.59. The molecular formula is C13H11BrClN3O. The molecule has 0 saturated heterocycles. The predicted molar refractivity (Wildman–Crippen MR) is 80.5 cm³/mol. The van der Waals surface area contributed by atoms with Gasteiger partial charge in [-0.25, -0.2) is 4.98 Å². The Morgan fingerprint density at radius 1 is 1.42 bits per heavy atom. The van der Waals surface area contributed by atoms with E-state index < -0.39 is 0 Å². The second-order valence-electron chi connectivity index (χ2n) is 3.98. The van der Waals surface area contributed by atoms with Crippen molar-refractivity contribution in [3.63, 3.8) is 0 Å². The highest BCUT2D eigenvalue weighted by Crippen LogP contribution is 2.23. The van der Waals surface area contributed by atoms with Crippen LogP contribution in [0.15, 0.2) is 34.9 Å². The van der Waals surface area contributed by atoms with Crippen molar-refractivity contribution in [2.45, 2.75) is 6.92 Å². The van der Waals surface area contributed by atoms with E-state index in [9.17, 15) is 4.79 Å². The largest absolute Gasteiger partial charge is 0.398 e. The minimum atomic E-state index is -0.264. The maximum atomic E-state index is 12.2. The summed E-state index contributed by atoms with van der Waals surface area (Å²) in [6.45, 7) is 1.80. The summed E-state index contributed by atoms with van der Waals surface area (Å²) in [4.78, 5) is 16.2. The van der Waals surface area contributed by atoms with Gasteiger partial charge in [0.05, 0.1) is 5.02 Å². The number of carbonyl (C=O) groups excluding carboxylic acids is 1. The van der Waals surface area contributed by atoms with E-state index in [1.54, 1.807) is 31.2 Å². The minimum Gasteiger partial charge on any atom is -0.398 e. The molecule has 1 aromatic carbocycles. The van der Waals surface area contributed by atoms with Gasteiger partial charge in [-0.1, -0.05) is 27.5 Å². The summed E-state index contributed by atoms with van der Waals surface area (Å²) in [6.07, 6.45) is 1.47. The normalized spacial score (nSPS) is 10.3. The first-order chi connectivity index (χ1) is 8.97. The van der Waals surface area contributed by atoms with E-state index in [0.29, 0.717) is 22.1 Å². The zero-order chi connectivity index (χ0) is 14.0. The lowest BCUT2D eigenvalue weighted by molar-refractivity contribution is 0.102. The Kier molecular flexibility index (Phi) is 4.07. The van der Waals surface area contributed by atoms with Crippen molar-refractivity contribution in [1.82, 2.24) is 4.98 Å². The molecule has 98 valence electrons. The molecule has 2 rings (SSSR count). The Balaban J connectivity index is 2.27. The van der Waals surface area contributed by atoms with E-state index in [1.165, 1.54) is 6.20 Å². The molecule has 0 aliphatic carbocycles. The van der Waals surface area contributed by atoms with Crippen LogP contribution in [0.3, 0.4) is 0 Å². The molecule has 0 saturated carbocycles. The fourth-order valence-corrected chi connectivity index (χ4v) is 2.16. The van der Waals surface area contributed by atoms with Crippen LogP contribution in [0.25, 0.3) is 0 Å². The highest BCUT2D eigenvalue weighted by molar-refractivity contribution is 9.10. The number of aromatic nitrogens is 1. The van der Waals surface area contributed by atoms with Crippen LogP contribution in [0, 0.1) is 6.92 Å². The van der Waals surface area contributed by atoms with E-state index in [0.717, 1.165) is 10.0 Å². The first-order valence-electron chi connectivity index (χ1n) is 5.46. The monoisotopic (exact) mass is 339 g/mol. The summed E-state index contributed by atoms with van der Waals surface area (Å²) in [7, 11) is 0. The number of benzene rings is 1. The Morgan fingerprint density at radius 3 is 2.79 bits per heavy atom. The van der Waals surface area contributed by atoms with E-state index in [2.05, 4.69) is 26.2 Å². The number of nitrogen functional groups attached to an aromatic ring is 1. The molecule has 0 aliphatic rings. The van der Waals surface area contributed by atoms with Crippen LogP contribution in [0.5, 0.6) is 0 Å². The fourth-order valence-electron chi connectivity index (χ4n) is 1.57.